The van der Waals surface area contributed by atoms with Crippen LogP contribution >= 0.6 is 47.0 Å². The van der Waals surface area contributed by atoms with Gasteiger partial charge in [-0.15, -0.1) is 0 Å². The molecule has 3 aromatic carbocycles. The number of fused-ring (bicyclic) bond motifs is 2. The van der Waals surface area contributed by atoms with E-state index in [0.29, 0.717) is 26.4 Å². The van der Waals surface area contributed by atoms with Crippen LogP contribution in [-0.4, -0.2) is 114 Å². The van der Waals surface area contributed by atoms with E-state index in [1.807, 2.05) is 72.8 Å². The maximum absolute atomic E-state index is 14.5. The van der Waals surface area contributed by atoms with Crippen molar-refractivity contribution in [2.24, 2.45) is 0 Å². The predicted molar refractivity (Wildman–Crippen MR) is 227 cm³/mol. The van der Waals surface area contributed by atoms with Gasteiger partial charge in [0, 0.05) is 14.2 Å². The van der Waals surface area contributed by atoms with Gasteiger partial charge in [-0.2, -0.15) is 10.5 Å². The molecule has 324 valence electrons. The molecule has 3 heterocycles. The molecule has 0 unspecified atom stereocenters. The number of allylic oxidation sites excluding steroid dienone is 1. The number of carbonyl (C=O) groups is 4. The summed E-state index contributed by atoms with van der Waals surface area (Å²) in [5.74, 6) is -2.65. The Bertz CT molecular complexity index is 2130. The molecule has 1 fully saturated rings. The van der Waals surface area contributed by atoms with Gasteiger partial charge in [0.2, 0.25) is 0 Å². The molecular formula is C42H40N4O12S4. The van der Waals surface area contributed by atoms with E-state index in [1.165, 1.54) is 10.0 Å². The molecule has 1 saturated heterocycles. The molecule has 0 radical (unpaired) electrons. The number of amides is 2. The minimum absolute atomic E-state index is 0.0141. The number of nitriles is 2. The fourth-order valence-electron chi connectivity index (χ4n) is 5.80. The smallest absolute Gasteiger partial charge is 0.337 e. The van der Waals surface area contributed by atoms with E-state index in [1.54, 1.807) is 14.2 Å². The Kier molecular flexibility index (Phi) is 17.7. The second-order valence-electron chi connectivity index (χ2n) is 12.9. The van der Waals surface area contributed by atoms with Gasteiger partial charge in [0.05, 0.1) is 94.0 Å². The highest BCUT2D eigenvalue weighted by Gasteiger charge is 2.47. The fraction of sp³-hybridized carbons (Fsp3) is 0.333. The SMILES string of the molecule is COCCOCCOCC(=O)Oc1c2c(c(OC(=O)COCCOCCOC)c3c1SC(=C1C(=O)N(Cc4ccccc4)N(Cc4ccccc4)C1=O)S3)SC(=C(C#N)C#N)S2. The first kappa shape index (κ1) is 46.7. The van der Waals surface area contributed by atoms with Crippen LogP contribution in [0, 0.1) is 22.7 Å². The number of nitrogens with zero attached hydrogens (tertiary/aromatic N) is 4. The third-order valence-electron chi connectivity index (χ3n) is 8.67. The summed E-state index contributed by atoms with van der Waals surface area (Å²) >= 11 is 3.98. The Morgan fingerprint density at radius 3 is 1.35 bits per heavy atom. The van der Waals surface area contributed by atoms with Crippen LogP contribution in [0.5, 0.6) is 11.5 Å². The molecule has 0 aromatic heterocycles. The molecule has 0 spiro atoms. The number of thioether (sulfide) groups is 4. The van der Waals surface area contributed by atoms with Crippen molar-refractivity contribution in [3.05, 3.63) is 91.4 Å². The quantitative estimate of drug-likeness (QED) is 0.0297. The van der Waals surface area contributed by atoms with E-state index < -0.39 is 37.0 Å². The lowest BCUT2D eigenvalue weighted by atomic mass is 10.2. The zero-order valence-corrected chi connectivity index (χ0v) is 36.8. The lowest BCUT2D eigenvalue weighted by Crippen LogP contribution is -2.39. The zero-order chi connectivity index (χ0) is 43.8. The highest BCUT2D eigenvalue weighted by Crippen LogP contribution is 2.68. The Balaban J connectivity index is 1.37. The summed E-state index contributed by atoms with van der Waals surface area (Å²) in [4.78, 5) is 56.9. The monoisotopic (exact) mass is 920 g/mol. The van der Waals surface area contributed by atoms with Gasteiger partial charge >= 0.3 is 11.9 Å². The third-order valence-corrected chi connectivity index (χ3v) is 13.9. The van der Waals surface area contributed by atoms with Crippen molar-refractivity contribution in [2.45, 2.75) is 32.7 Å². The van der Waals surface area contributed by atoms with E-state index in [0.717, 1.165) is 58.2 Å². The molecule has 3 aliphatic rings. The summed E-state index contributed by atoms with van der Waals surface area (Å²) in [5, 5.41) is 22.4. The standard InChI is InChI=1S/C42H40N4O12S4/c1-51-13-15-53-17-19-55-25-30(47)57-33-35-36(60-41(59-35)29(21-43)22-44)34(58-31(48)26-56-20-18-54-16-14-52-2)38-37(33)61-42(62-38)32-39(49)45(23-27-9-5-3-6-10-27)46(40(32)50)24-28-11-7-4-8-12-28/h3-12H,13-20,23-26H2,1-2H3. The number of hydrogen-bond donors (Lipinski definition) is 0. The molecule has 0 bridgehead atoms. The van der Waals surface area contributed by atoms with Gasteiger partial charge < -0.3 is 37.9 Å². The van der Waals surface area contributed by atoms with Crippen molar-refractivity contribution in [3.63, 3.8) is 0 Å². The summed E-state index contributed by atoms with van der Waals surface area (Å²) < 4.78 is 44.3. The number of hydrazine groups is 1. The molecule has 16 nitrogen and oxygen atoms in total. The van der Waals surface area contributed by atoms with E-state index >= 15 is 0 Å². The van der Waals surface area contributed by atoms with Crippen LogP contribution in [0.1, 0.15) is 11.1 Å². The van der Waals surface area contributed by atoms with E-state index in [-0.39, 0.29) is 90.2 Å². The molecular weight excluding hydrogens is 881 g/mol. The normalized spacial score (nSPS) is 14.2. The van der Waals surface area contributed by atoms with Crippen molar-refractivity contribution in [1.29, 1.82) is 10.5 Å². The maximum atomic E-state index is 14.5. The molecule has 62 heavy (non-hydrogen) atoms. The van der Waals surface area contributed by atoms with Crippen LogP contribution < -0.4 is 9.47 Å². The molecule has 3 aliphatic heterocycles. The lowest BCUT2D eigenvalue weighted by molar-refractivity contribution is -0.149. The Morgan fingerprint density at radius 2 is 0.952 bits per heavy atom. The molecule has 0 atom stereocenters. The maximum Gasteiger partial charge on any atom is 0.337 e. The number of hydrogen-bond acceptors (Lipinski definition) is 18. The van der Waals surface area contributed by atoms with Gasteiger partial charge in [0.1, 0.15) is 36.5 Å². The number of ether oxygens (including phenoxy) is 8. The Morgan fingerprint density at radius 1 is 0.565 bits per heavy atom. The highest BCUT2D eigenvalue weighted by molar-refractivity contribution is 8.26. The summed E-state index contributed by atoms with van der Waals surface area (Å²) in [6.07, 6.45) is 0. The van der Waals surface area contributed by atoms with Crippen molar-refractivity contribution in [2.75, 3.05) is 80.3 Å². The first-order valence-electron chi connectivity index (χ1n) is 18.9. The minimum atomic E-state index is -0.788. The number of methoxy groups -OCH3 is 2. The van der Waals surface area contributed by atoms with Crippen molar-refractivity contribution >= 4 is 70.8 Å². The van der Waals surface area contributed by atoms with Gasteiger partial charge in [-0.3, -0.25) is 9.59 Å². The third kappa shape index (κ3) is 11.8. The number of rotatable bonds is 22. The first-order valence-corrected chi connectivity index (χ1v) is 22.2. The van der Waals surface area contributed by atoms with Crippen molar-refractivity contribution < 1.29 is 57.1 Å². The van der Waals surface area contributed by atoms with Crippen LogP contribution in [0.3, 0.4) is 0 Å². The molecule has 0 saturated carbocycles. The molecule has 20 heteroatoms. The molecule has 0 aliphatic carbocycles. The van der Waals surface area contributed by atoms with E-state index in [2.05, 4.69) is 0 Å². The van der Waals surface area contributed by atoms with E-state index in [4.69, 9.17) is 37.9 Å². The zero-order valence-electron chi connectivity index (χ0n) is 33.6. The Labute approximate surface area is 374 Å². The van der Waals surface area contributed by atoms with Gasteiger partial charge in [0.15, 0.2) is 11.5 Å². The molecule has 3 aromatic rings. The summed E-state index contributed by atoms with van der Waals surface area (Å²) in [5.41, 5.74) is 1.27. The van der Waals surface area contributed by atoms with Gasteiger partial charge in [-0.25, -0.2) is 19.6 Å². The van der Waals surface area contributed by atoms with Crippen molar-refractivity contribution in [1.82, 2.24) is 10.0 Å². The summed E-state index contributed by atoms with van der Waals surface area (Å²) in [7, 11) is 3.10. The van der Waals surface area contributed by atoms with Crippen LogP contribution in [0.15, 0.2) is 99.9 Å². The fourth-order valence-corrected chi connectivity index (χ4v) is 11.1. The Hall–Kier alpha value is -4.84. The van der Waals surface area contributed by atoms with E-state index in [9.17, 15) is 29.7 Å². The molecule has 0 N–H and O–H groups in total. The van der Waals surface area contributed by atoms with Crippen LogP contribution in [-0.2, 0) is 60.7 Å². The van der Waals surface area contributed by atoms with Crippen LogP contribution in [0.2, 0.25) is 0 Å². The number of benzene rings is 3. The summed E-state index contributed by atoms with van der Waals surface area (Å²) in [6.45, 7) is 1.34. The first-order chi connectivity index (χ1) is 30.3. The average molecular weight is 921 g/mol. The topological polar surface area (TPSA) is 196 Å². The van der Waals surface area contributed by atoms with Crippen LogP contribution in [0.25, 0.3) is 0 Å². The van der Waals surface area contributed by atoms with Gasteiger partial charge in [0.25, 0.3) is 11.8 Å². The van der Waals surface area contributed by atoms with Gasteiger partial charge in [-0.1, -0.05) is 108 Å². The second-order valence-corrected chi connectivity index (χ2v) is 17.5. The largest absolute Gasteiger partial charge is 0.422 e. The molecule has 6 rings (SSSR count). The minimum Gasteiger partial charge on any atom is -0.422 e. The van der Waals surface area contributed by atoms with Crippen molar-refractivity contribution in [3.8, 4) is 23.6 Å². The number of esters is 2. The molecule has 2 amide bonds. The van der Waals surface area contributed by atoms with Gasteiger partial charge in [-0.05, 0) is 11.1 Å². The average Bonchev–Trinajstić information content (AvgIpc) is 3.97. The highest BCUT2D eigenvalue weighted by atomic mass is 32.2. The summed E-state index contributed by atoms with van der Waals surface area (Å²) in [6, 6.07) is 22.3. The lowest BCUT2D eigenvalue weighted by Gasteiger charge is -2.27. The predicted octanol–water partition coefficient (Wildman–Crippen LogP) is 5.71. The number of carbonyl (C=O) groups excluding carboxylic acids is 4. The van der Waals surface area contributed by atoms with Crippen LogP contribution in [0.4, 0.5) is 0 Å². The second kappa shape index (κ2) is 23.6.